The van der Waals surface area contributed by atoms with E-state index in [4.69, 9.17) is 13.9 Å². The summed E-state index contributed by atoms with van der Waals surface area (Å²) in [6.07, 6.45) is 5.03. The topological polar surface area (TPSA) is 81.0 Å². The normalized spacial score (nSPS) is 29.1. The molecule has 2 bridgehead atoms. The molecule has 158 valence electrons. The fourth-order valence-corrected chi connectivity index (χ4v) is 5.31. The van der Waals surface area contributed by atoms with Crippen molar-refractivity contribution in [2.75, 3.05) is 26.2 Å². The predicted octanol–water partition coefficient (Wildman–Crippen LogP) is 2.40. The lowest BCUT2D eigenvalue weighted by molar-refractivity contribution is -0.133. The van der Waals surface area contributed by atoms with Gasteiger partial charge in [-0.15, -0.1) is 0 Å². The summed E-state index contributed by atoms with van der Waals surface area (Å²) in [5.74, 6) is 1.03. The van der Waals surface area contributed by atoms with Crippen LogP contribution in [0, 0.1) is 18.8 Å². The van der Waals surface area contributed by atoms with Crippen molar-refractivity contribution in [2.45, 2.75) is 31.5 Å². The van der Waals surface area contributed by atoms with Gasteiger partial charge in [0, 0.05) is 24.9 Å². The number of rotatable bonds is 6. The summed E-state index contributed by atoms with van der Waals surface area (Å²) in [4.78, 5) is 27.0. The Morgan fingerprint density at radius 2 is 2.17 bits per heavy atom. The smallest absolute Gasteiger partial charge is 0.260 e. The third kappa shape index (κ3) is 3.27. The zero-order valence-corrected chi connectivity index (χ0v) is 17.0. The number of fused-ring (bicyclic) bond motifs is 1. The first kappa shape index (κ1) is 19.2. The summed E-state index contributed by atoms with van der Waals surface area (Å²) in [5.41, 5.74) is 1.26. The molecule has 0 unspecified atom stereocenters. The van der Waals surface area contributed by atoms with Gasteiger partial charge in [-0.3, -0.25) is 9.59 Å². The van der Waals surface area contributed by atoms with E-state index in [-0.39, 0.29) is 42.0 Å². The number of carbonyl (C=O) groups is 2. The van der Waals surface area contributed by atoms with Gasteiger partial charge >= 0.3 is 0 Å². The highest BCUT2D eigenvalue weighted by molar-refractivity contribution is 5.93. The molecular formula is C23H26N2O5. The summed E-state index contributed by atoms with van der Waals surface area (Å²) in [6, 6.07) is 9.35. The predicted molar refractivity (Wildman–Crippen MR) is 108 cm³/mol. The van der Waals surface area contributed by atoms with Gasteiger partial charge in [-0.25, -0.2) is 0 Å². The molecule has 1 aromatic heterocycles. The Bertz CT molecular complexity index is 943. The number of furan rings is 1. The fourth-order valence-electron chi connectivity index (χ4n) is 5.31. The minimum absolute atomic E-state index is 0.0183. The standard InChI is InChI=1S/C23H26N2O5/c1-15-4-2-3-5-19(15)29-13-21(26)25-11-18-17(20-6-8-23(18,14-25)30-20)10-24-22(27)16-7-9-28-12-16/h2-5,7,9,12,17-18,20H,6,8,10-11,13-14H2,1H3,(H,24,27)/t17-,18+,20+,23+/m0/s1. The molecule has 1 spiro atoms. The average molecular weight is 410 g/mol. The minimum Gasteiger partial charge on any atom is -0.484 e. The molecule has 0 radical (unpaired) electrons. The molecule has 7 nitrogen and oxygen atoms in total. The van der Waals surface area contributed by atoms with Crippen LogP contribution in [0.5, 0.6) is 5.75 Å². The Kier molecular flexibility index (Phi) is 4.77. The number of aryl methyl sites for hydroxylation is 1. The number of carbonyl (C=O) groups excluding carboxylic acids is 2. The summed E-state index contributed by atoms with van der Waals surface area (Å²) < 4.78 is 17.1. The van der Waals surface area contributed by atoms with E-state index in [1.807, 2.05) is 36.1 Å². The van der Waals surface area contributed by atoms with Crippen LogP contribution in [0.3, 0.4) is 0 Å². The molecule has 1 N–H and O–H groups in total. The van der Waals surface area contributed by atoms with Crippen LogP contribution < -0.4 is 10.1 Å². The molecule has 3 aliphatic heterocycles. The van der Waals surface area contributed by atoms with Crippen LogP contribution >= 0.6 is 0 Å². The van der Waals surface area contributed by atoms with Gasteiger partial charge in [0.2, 0.25) is 0 Å². The van der Waals surface area contributed by atoms with Gasteiger partial charge < -0.3 is 24.1 Å². The minimum atomic E-state index is -0.270. The number of amides is 2. The zero-order chi connectivity index (χ0) is 20.7. The van der Waals surface area contributed by atoms with Crippen LogP contribution in [0.2, 0.25) is 0 Å². The van der Waals surface area contributed by atoms with Gasteiger partial charge in [-0.1, -0.05) is 18.2 Å². The summed E-state index contributed by atoms with van der Waals surface area (Å²) >= 11 is 0. The molecule has 4 atom stereocenters. The number of nitrogens with zero attached hydrogens (tertiary/aromatic N) is 1. The second-order valence-electron chi connectivity index (χ2n) is 8.58. The van der Waals surface area contributed by atoms with Crippen LogP contribution in [0.4, 0.5) is 0 Å². The first-order valence-corrected chi connectivity index (χ1v) is 10.5. The lowest BCUT2D eigenvalue weighted by Crippen LogP contribution is -2.41. The Hall–Kier alpha value is -2.80. The van der Waals surface area contributed by atoms with E-state index in [1.165, 1.54) is 12.5 Å². The second-order valence-corrected chi connectivity index (χ2v) is 8.58. The Morgan fingerprint density at radius 1 is 1.30 bits per heavy atom. The Labute approximate surface area is 175 Å². The van der Waals surface area contributed by atoms with E-state index >= 15 is 0 Å². The maximum absolute atomic E-state index is 12.8. The quantitative estimate of drug-likeness (QED) is 0.791. The molecular weight excluding hydrogens is 384 g/mol. The van der Waals surface area contributed by atoms with Crippen molar-refractivity contribution in [3.8, 4) is 5.75 Å². The van der Waals surface area contributed by atoms with Crippen LogP contribution in [0.15, 0.2) is 47.3 Å². The highest BCUT2D eigenvalue weighted by Crippen LogP contribution is 2.54. The summed E-state index contributed by atoms with van der Waals surface area (Å²) in [6.45, 7) is 3.80. The number of hydrogen-bond acceptors (Lipinski definition) is 5. The van der Waals surface area contributed by atoms with Gasteiger partial charge in [-0.2, -0.15) is 0 Å². The van der Waals surface area contributed by atoms with Gasteiger partial charge in [0.05, 0.1) is 30.1 Å². The van der Waals surface area contributed by atoms with Crippen molar-refractivity contribution in [3.05, 3.63) is 54.0 Å². The van der Waals surface area contributed by atoms with E-state index in [2.05, 4.69) is 5.32 Å². The van der Waals surface area contributed by atoms with Crippen LogP contribution in [-0.4, -0.2) is 54.7 Å². The van der Waals surface area contributed by atoms with Gasteiger partial charge in [0.15, 0.2) is 6.61 Å². The van der Waals surface area contributed by atoms with Crippen molar-refractivity contribution < 1.29 is 23.5 Å². The van der Waals surface area contributed by atoms with E-state index in [1.54, 1.807) is 6.07 Å². The van der Waals surface area contributed by atoms with Crippen molar-refractivity contribution in [1.82, 2.24) is 10.2 Å². The van der Waals surface area contributed by atoms with Crippen molar-refractivity contribution in [1.29, 1.82) is 0 Å². The molecule has 5 rings (SSSR count). The van der Waals surface area contributed by atoms with Gasteiger partial charge in [-0.05, 0) is 37.5 Å². The summed E-state index contributed by atoms with van der Waals surface area (Å²) in [5, 5.41) is 3.01. The van der Waals surface area contributed by atoms with E-state index < -0.39 is 0 Å². The molecule has 30 heavy (non-hydrogen) atoms. The number of hydrogen-bond donors (Lipinski definition) is 1. The van der Waals surface area contributed by atoms with Gasteiger partial charge in [0.1, 0.15) is 12.0 Å². The second kappa shape index (κ2) is 7.47. The maximum Gasteiger partial charge on any atom is 0.260 e. The molecule has 1 aromatic carbocycles. The lowest BCUT2D eigenvalue weighted by atomic mass is 9.73. The molecule has 0 aliphatic carbocycles. The summed E-state index contributed by atoms with van der Waals surface area (Å²) in [7, 11) is 0. The number of likely N-dealkylation sites (tertiary alicyclic amines) is 1. The molecule has 3 fully saturated rings. The third-order valence-electron chi connectivity index (χ3n) is 6.86. The first-order chi connectivity index (χ1) is 14.6. The van der Waals surface area contributed by atoms with E-state index in [9.17, 15) is 9.59 Å². The number of ether oxygens (including phenoxy) is 2. The molecule has 3 saturated heterocycles. The fraction of sp³-hybridized carbons (Fsp3) is 0.478. The first-order valence-electron chi connectivity index (χ1n) is 10.5. The highest BCUT2D eigenvalue weighted by Gasteiger charge is 2.63. The molecule has 0 saturated carbocycles. The monoisotopic (exact) mass is 410 g/mol. The van der Waals surface area contributed by atoms with Crippen molar-refractivity contribution >= 4 is 11.8 Å². The van der Waals surface area contributed by atoms with E-state index in [0.717, 1.165) is 24.2 Å². The molecule has 2 aromatic rings. The molecule has 3 aliphatic rings. The molecule has 4 heterocycles. The molecule has 7 heteroatoms. The van der Waals surface area contributed by atoms with Gasteiger partial charge in [0.25, 0.3) is 11.8 Å². The zero-order valence-electron chi connectivity index (χ0n) is 17.0. The number of nitrogens with one attached hydrogen (secondary N) is 1. The van der Waals surface area contributed by atoms with Crippen LogP contribution in [-0.2, 0) is 9.53 Å². The van der Waals surface area contributed by atoms with E-state index in [0.29, 0.717) is 25.2 Å². The van der Waals surface area contributed by atoms with Crippen molar-refractivity contribution in [2.24, 2.45) is 11.8 Å². The van der Waals surface area contributed by atoms with Crippen LogP contribution in [0.1, 0.15) is 28.8 Å². The highest BCUT2D eigenvalue weighted by atomic mass is 16.5. The number of benzene rings is 1. The van der Waals surface area contributed by atoms with Crippen molar-refractivity contribution in [3.63, 3.8) is 0 Å². The SMILES string of the molecule is Cc1ccccc1OCC(=O)N1C[C@@H]2[C@H](CNC(=O)c3ccoc3)[C@H]3CC[C@]2(C1)O3. The Morgan fingerprint density at radius 3 is 2.97 bits per heavy atom. The lowest BCUT2D eigenvalue weighted by Gasteiger charge is -2.29. The third-order valence-corrected chi connectivity index (χ3v) is 6.86. The number of para-hydroxylation sites is 1. The molecule has 2 amide bonds. The largest absolute Gasteiger partial charge is 0.484 e. The Balaban J connectivity index is 1.21. The maximum atomic E-state index is 12.8. The van der Waals surface area contributed by atoms with Crippen LogP contribution in [0.25, 0.3) is 0 Å². The average Bonchev–Trinajstić information content (AvgIpc) is 3.52.